The van der Waals surface area contributed by atoms with Gasteiger partial charge in [-0.1, -0.05) is 35.9 Å². The summed E-state index contributed by atoms with van der Waals surface area (Å²) in [7, 11) is 2.87. The summed E-state index contributed by atoms with van der Waals surface area (Å²) in [6, 6.07) is 11.7. The topological polar surface area (TPSA) is 160 Å². The molecule has 3 aromatic heterocycles. The van der Waals surface area contributed by atoms with Crippen LogP contribution in [0.4, 0.5) is 19.0 Å². The van der Waals surface area contributed by atoms with Crippen molar-refractivity contribution >= 4 is 29.3 Å². The van der Waals surface area contributed by atoms with Gasteiger partial charge in [-0.15, -0.1) is 0 Å². The predicted molar refractivity (Wildman–Crippen MR) is 199 cm³/mol. The van der Waals surface area contributed by atoms with Gasteiger partial charge in [-0.05, 0) is 67.9 Å². The molecule has 16 heteroatoms. The molecule has 0 bridgehead atoms. The highest BCUT2D eigenvalue weighted by Gasteiger charge is 2.50. The Kier molecular flexibility index (Phi) is 10.9. The summed E-state index contributed by atoms with van der Waals surface area (Å²) in [4.78, 5) is 36.9. The number of hydrogen-bond donors (Lipinski definition) is 5. The molecule has 1 amide bonds. The molecular formula is C39H41ClF3N7O5. The molecule has 2 aliphatic carbocycles. The van der Waals surface area contributed by atoms with Crippen molar-refractivity contribution in [2.24, 2.45) is 0 Å². The SMILES string of the molecule is COc1nc(-c2ccnc(-c3cccc4c3CCC[C@H]4Nc3nc(OC)c(CNC4(C(=O)O)CC4)cc3C(F)(F)F)c2Cl)ccc1CNC[C@@H]1CCC(=O)N1. The number of ether oxygens (including phenoxy) is 2. The third kappa shape index (κ3) is 8.05. The Hall–Kier alpha value is -4.99. The molecule has 4 aromatic rings. The number of aromatic nitrogens is 3. The van der Waals surface area contributed by atoms with Gasteiger partial charge in [-0.3, -0.25) is 19.9 Å². The minimum Gasteiger partial charge on any atom is -0.481 e. The lowest BCUT2D eigenvalue weighted by atomic mass is 9.83. The number of fused-ring (bicyclic) bond motifs is 1. The summed E-state index contributed by atoms with van der Waals surface area (Å²) in [5.74, 6) is -0.960. The third-order valence-electron chi connectivity index (χ3n) is 10.5. The fraction of sp³-hybridized carbons (Fsp3) is 0.410. The average molecular weight is 780 g/mol. The van der Waals surface area contributed by atoms with Crippen molar-refractivity contribution in [2.45, 2.75) is 81.8 Å². The Morgan fingerprint density at radius 2 is 1.80 bits per heavy atom. The van der Waals surface area contributed by atoms with E-state index in [1.165, 1.54) is 7.11 Å². The quantitative estimate of drug-likeness (QED) is 0.0957. The van der Waals surface area contributed by atoms with Gasteiger partial charge in [0, 0.05) is 60.5 Å². The summed E-state index contributed by atoms with van der Waals surface area (Å²) in [6.07, 6.45) is 0.882. The van der Waals surface area contributed by atoms with E-state index in [2.05, 4.69) is 31.2 Å². The van der Waals surface area contributed by atoms with Crippen LogP contribution in [0.3, 0.4) is 0 Å². The predicted octanol–water partition coefficient (Wildman–Crippen LogP) is 6.46. The first-order valence-electron chi connectivity index (χ1n) is 18.1. The average Bonchev–Trinajstić information content (AvgIpc) is 3.86. The minimum atomic E-state index is -4.75. The molecule has 0 unspecified atom stereocenters. The van der Waals surface area contributed by atoms with Crippen LogP contribution >= 0.6 is 11.6 Å². The second kappa shape index (κ2) is 15.6. The summed E-state index contributed by atoms with van der Waals surface area (Å²) < 4.78 is 54.7. The monoisotopic (exact) mass is 779 g/mol. The third-order valence-corrected chi connectivity index (χ3v) is 10.9. The Morgan fingerprint density at radius 3 is 2.49 bits per heavy atom. The van der Waals surface area contributed by atoms with Crippen molar-refractivity contribution in [3.8, 4) is 34.3 Å². The van der Waals surface area contributed by atoms with E-state index in [-0.39, 0.29) is 35.8 Å². The van der Waals surface area contributed by atoms with E-state index in [0.29, 0.717) is 79.5 Å². The van der Waals surface area contributed by atoms with Crippen molar-refractivity contribution in [2.75, 3.05) is 26.1 Å². The van der Waals surface area contributed by atoms with Crippen molar-refractivity contribution in [1.29, 1.82) is 0 Å². The van der Waals surface area contributed by atoms with Crippen molar-refractivity contribution in [1.82, 2.24) is 30.9 Å². The maximum absolute atomic E-state index is 14.5. The number of amides is 1. The number of alkyl halides is 3. The van der Waals surface area contributed by atoms with Crippen molar-refractivity contribution in [3.63, 3.8) is 0 Å². The molecule has 2 fully saturated rings. The van der Waals surface area contributed by atoms with Gasteiger partial charge in [0.2, 0.25) is 17.7 Å². The van der Waals surface area contributed by atoms with E-state index >= 15 is 0 Å². The lowest BCUT2D eigenvalue weighted by Gasteiger charge is -2.30. The Morgan fingerprint density at radius 1 is 1.02 bits per heavy atom. The minimum absolute atomic E-state index is 0.0321. The lowest BCUT2D eigenvalue weighted by Crippen LogP contribution is -2.38. The fourth-order valence-electron chi connectivity index (χ4n) is 7.38. The van der Waals surface area contributed by atoms with E-state index in [1.54, 1.807) is 19.4 Å². The van der Waals surface area contributed by atoms with E-state index in [9.17, 15) is 27.9 Å². The smallest absolute Gasteiger partial charge is 0.419 e. The number of carboxylic acids is 1. The molecule has 1 aliphatic heterocycles. The molecule has 7 rings (SSSR count). The molecule has 290 valence electrons. The zero-order valence-corrected chi connectivity index (χ0v) is 31.0. The highest BCUT2D eigenvalue weighted by atomic mass is 35.5. The van der Waals surface area contributed by atoms with Gasteiger partial charge in [0.15, 0.2) is 0 Å². The number of carboxylic acid groups (broad SMARTS) is 1. The normalized spacial score (nSPS) is 18.7. The second-order valence-electron chi connectivity index (χ2n) is 14.1. The van der Waals surface area contributed by atoms with Crippen LogP contribution in [-0.4, -0.2) is 64.3 Å². The van der Waals surface area contributed by atoms with E-state index in [1.807, 2.05) is 30.3 Å². The summed E-state index contributed by atoms with van der Waals surface area (Å²) >= 11 is 7.09. The molecule has 2 atom stereocenters. The van der Waals surface area contributed by atoms with Gasteiger partial charge < -0.3 is 30.5 Å². The van der Waals surface area contributed by atoms with Gasteiger partial charge in [0.1, 0.15) is 11.4 Å². The number of carbonyl (C=O) groups is 2. The molecule has 55 heavy (non-hydrogen) atoms. The number of pyridine rings is 3. The van der Waals surface area contributed by atoms with E-state index in [4.69, 9.17) is 26.1 Å². The molecule has 1 saturated carbocycles. The largest absolute Gasteiger partial charge is 0.481 e. The number of benzene rings is 1. The highest BCUT2D eigenvalue weighted by Crippen LogP contribution is 2.44. The molecule has 5 N–H and O–H groups in total. The molecule has 0 spiro atoms. The van der Waals surface area contributed by atoms with Gasteiger partial charge in [0.05, 0.1) is 42.2 Å². The zero-order valence-electron chi connectivity index (χ0n) is 30.3. The van der Waals surface area contributed by atoms with Crippen molar-refractivity contribution < 1.29 is 37.3 Å². The second-order valence-corrected chi connectivity index (χ2v) is 14.5. The number of methoxy groups -OCH3 is 2. The Bertz CT molecular complexity index is 2110. The summed E-state index contributed by atoms with van der Waals surface area (Å²) in [5.41, 5.74) is 3.03. The molecule has 12 nitrogen and oxygen atoms in total. The van der Waals surface area contributed by atoms with Crippen LogP contribution < -0.4 is 30.7 Å². The number of aliphatic carboxylic acids is 1. The molecular weight excluding hydrogens is 739 g/mol. The van der Waals surface area contributed by atoms with Crippen LogP contribution in [0.25, 0.3) is 22.5 Å². The van der Waals surface area contributed by atoms with Gasteiger partial charge >= 0.3 is 12.1 Å². The van der Waals surface area contributed by atoms with Crippen LogP contribution in [0.2, 0.25) is 5.02 Å². The van der Waals surface area contributed by atoms with Gasteiger partial charge in [-0.2, -0.15) is 18.2 Å². The number of anilines is 1. The standard InChI is InChI=1S/C39H41ClF3N7O5/c1-54-35-21(18-44-20-23-10-12-31(51)47-23)9-11-30(49-35)27-13-16-45-33(32(27)40)26-7-3-6-25-24(26)5-4-8-29(25)48-34-28(39(41,42)43)17-22(36(50-34)55-2)19-46-38(14-15-38)37(52)53/h3,6-7,9,11,13,16-17,23,29,44,46H,4-5,8,10,12,14-15,18-20H2,1-2H3,(H,47,51)(H,48,50)(H,52,53)/t23-,29+/m0/s1. The Labute approximate surface area is 320 Å². The molecule has 1 saturated heterocycles. The maximum atomic E-state index is 14.5. The van der Waals surface area contributed by atoms with Gasteiger partial charge in [-0.25, -0.2) is 4.98 Å². The first kappa shape index (κ1) is 38.3. The van der Waals surface area contributed by atoms with Crippen LogP contribution in [0.15, 0.2) is 48.7 Å². The fourth-order valence-corrected chi connectivity index (χ4v) is 7.69. The van der Waals surface area contributed by atoms with Gasteiger partial charge in [0.25, 0.3) is 0 Å². The van der Waals surface area contributed by atoms with E-state index < -0.39 is 29.3 Å². The first-order chi connectivity index (χ1) is 26.4. The van der Waals surface area contributed by atoms with Crippen LogP contribution in [0.1, 0.15) is 72.4 Å². The number of nitrogens with one attached hydrogen (secondary N) is 4. The maximum Gasteiger partial charge on any atom is 0.419 e. The summed E-state index contributed by atoms with van der Waals surface area (Å²) in [5, 5.41) is 22.1. The zero-order chi connectivity index (χ0) is 38.9. The number of carbonyl (C=O) groups excluding carboxylic acids is 1. The Balaban J connectivity index is 1.15. The molecule has 0 radical (unpaired) electrons. The van der Waals surface area contributed by atoms with E-state index in [0.717, 1.165) is 34.7 Å². The number of rotatable bonds is 14. The molecule has 3 aliphatic rings. The lowest BCUT2D eigenvalue weighted by molar-refractivity contribution is -0.141. The number of hydrogen-bond acceptors (Lipinski definition) is 10. The van der Waals surface area contributed by atoms with Crippen LogP contribution in [0, 0.1) is 0 Å². The number of nitrogens with zero attached hydrogens (tertiary/aromatic N) is 3. The molecule has 4 heterocycles. The first-order valence-corrected chi connectivity index (χ1v) is 18.5. The molecule has 1 aromatic carbocycles. The van der Waals surface area contributed by atoms with Crippen LogP contribution in [0.5, 0.6) is 11.8 Å². The van der Waals surface area contributed by atoms with Crippen LogP contribution in [-0.2, 0) is 35.3 Å². The summed E-state index contributed by atoms with van der Waals surface area (Å²) in [6.45, 7) is 0.966. The van der Waals surface area contributed by atoms with Crippen molar-refractivity contribution in [3.05, 3.63) is 81.5 Å². The number of halogens is 4. The highest BCUT2D eigenvalue weighted by molar-refractivity contribution is 6.35.